The van der Waals surface area contributed by atoms with Gasteiger partial charge in [-0.2, -0.15) is 9.40 Å². The lowest BCUT2D eigenvalue weighted by molar-refractivity contribution is 0.310. The molecule has 0 radical (unpaired) electrons. The van der Waals surface area contributed by atoms with Gasteiger partial charge in [0.25, 0.3) is 5.56 Å². The van der Waals surface area contributed by atoms with E-state index < -0.39 is 10.0 Å². The Morgan fingerprint density at radius 2 is 1.92 bits per heavy atom. The lowest BCUT2D eigenvalue weighted by Crippen LogP contribution is -2.35. The van der Waals surface area contributed by atoms with Crippen LogP contribution in [-0.2, 0) is 23.5 Å². The third-order valence-electron chi connectivity index (χ3n) is 6.70. The number of fused-ring (bicyclic) bond motifs is 1. The quantitative estimate of drug-likeness (QED) is 0.403. The van der Waals surface area contributed by atoms with Gasteiger partial charge < -0.3 is 15.2 Å². The molecule has 36 heavy (non-hydrogen) atoms. The number of H-pyrrole nitrogens is 1. The van der Waals surface area contributed by atoms with Crippen molar-refractivity contribution in [2.45, 2.75) is 50.8 Å². The zero-order valence-corrected chi connectivity index (χ0v) is 22.5. The number of nitrogens with zero attached hydrogens (tertiary/aromatic N) is 5. The summed E-state index contributed by atoms with van der Waals surface area (Å²) < 4.78 is 29.9. The minimum absolute atomic E-state index is 0.172. The third kappa shape index (κ3) is 5.33. The van der Waals surface area contributed by atoms with Crippen molar-refractivity contribution in [1.29, 1.82) is 0 Å². The fraction of sp³-hybridized carbons (Fsp3) is 0.560. The first kappa shape index (κ1) is 26.3. The Labute approximate surface area is 212 Å². The smallest absolute Gasteiger partial charge is 0.277 e. The molecule has 2 aromatic heterocycles. The molecule has 1 aliphatic heterocycles. The molecule has 0 atom stereocenters. The maximum absolute atomic E-state index is 13.4. The Morgan fingerprint density at radius 3 is 2.61 bits per heavy atom. The zero-order chi connectivity index (χ0) is 25.9. The van der Waals surface area contributed by atoms with Crippen molar-refractivity contribution in [1.82, 2.24) is 29.0 Å². The maximum atomic E-state index is 13.4. The largest absolute Gasteiger partial charge is 0.384 e. The topological polar surface area (TPSA) is 116 Å². The first-order chi connectivity index (χ1) is 17.3. The van der Waals surface area contributed by atoms with Gasteiger partial charge in [0.1, 0.15) is 11.3 Å². The SMILES string of the molecule is CCCNc1ccc(S(=O)(=O)N(C)CCN2CCCC2)cc1-c1nc2c(CCC)nn(C)c2c(=O)[nH]1. The number of anilines is 1. The number of sulfonamides is 1. The number of rotatable bonds is 11. The standard InChI is InChI=1S/C25H37N7O3S/c1-5-9-21-22-23(31(4)29-21)25(33)28-24(27-22)19-17-18(10-11-20(19)26-12-6-2)36(34,35)30(3)15-16-32-13-7-8-14-32/h10-11,17,26H,5-9,12-16H2,1-4H3,(H,27,28,33). The molecule has 0 unspecified atom stereocenters. The van der Waals surface area contributed by atoms with Crippen LogP contribution in [-0.4, -0.2) is 77.1 Å². The van der Waals surface area contributed by atoms with Crippen molar-refractivity contribution < 1.29 is 8.42 Å². The van der Waals surface area contributed by atoms with E-state index in [9.17, 15) is 13.2 Å². The van der Waals surface area contributed by atoms with E-state index in [0.717, 1.165) is 37.3 Å². The van der Waals surface area contributed by atoms with Crippen LogP contribution >= 0.6 is 0 Å². The van der Waals surface area contributed by atoms with Crippen molar-refractivity contribution >= 4 is 26.7 Å². The molecule has 1 fully saturated rings. The van der Waals surface area contributed by atoms with Crippen LogP contribution in [0.4, 0.5) is 5.69 Å². The molecule has 10 nitrogen and oxygen atoms in total. The van der Waals surface area contributed by atoms with Crippen LogP contribution in [0, 0.1) is 0 Å². The molecule has 4 rings (SSSR count). The third-order valence-corrected chi connectivity index (χ3v) is 8.55. The minimum Gasteiger partial charge on any atom is -0.384 e. The van der Waals surface area contributed by atoms with Crippen molar-refractivity contribution in [3.05, 3.63) is 34.2 Å². The number of aromatic nitrogens is 4. The van der Waals surface area contributed by atoms with Crippen LogP contribution < -0.4 is 10.9 Å². The molecule has 2 N–H and O–H groups in total. The van der Waals surface area contributed by atoms with Gasteiger partial charge in [0.15, 0.2) is 5.52 Å². The monoisotopic (exact) mass is 515 g/mol. The van der Waals surface area contributed by atoms with E-state index in [0.29, 0.717) is 48.5 Å². The van der Waals surface area contributed by atoms with Gasteiger partial charge in [0.2, 0.25) is 10.0 Å². The van der Waals surface area contributed by atoms with E-state index in [4.69, 9.17) is 4.98 Å². The Hall–Kier alpha value is -2.76. The molecular weight excluding hydrogens is 478 g/mol. The van der Waals surface area contributed by atoms with Crippen molar-refractivity contribution in [3.8, 4) is 11.4 Å². The van der Waals surface area contributed by atoms with Gasteiger partial charge in [0, 0.05) is 45.0 Å². The average molecular weight is 516 g/mol. The highest BCUT2D eigenvalue weighted by molar-refractivity contribution is 7.89. The van der Waals surface area contributed by atoms with Gasteiger partial charge in [-0.3, -0.25) is 9.48 Å². The molecule has 0 bridgehead atoms. The summed E-state index contributed by atoms with van der Waals surface area (Å²) in [5.41, 5.74) is 2.69. The predicted molar refractivity (Wildman–Crippen MR) is 143 cm³/mol. The highest BCUT2D eigenvalue weighted by Gasteiger charge is 2.24. The Kier molecular flexibility index (Phi) is 8.11. The second-order valence-electron chi connectivity index (χ2n) is 9.44. The molecule has 3 aromatic rings. The lowest BCUT2D eigenvalue weighted by atomic mass is 10.1. The van der Waals surface area contributed by atoms with Crippen LogP contribution in [0.5, 0.6) is 0 Å². The van der Waals surface area contributed by atoms with Crippen molar-refractivity contribution in [2.75, 3.05) is 45.1 Å². The summed E-state index contributed by atoms with van der Waals surface area (Å²) in [7, 11) is -0.369. The normalized spacial score (nSPS) is 14.8. The summed E-state index contributed by atoms with van der Waals surface area (Å²) in [6, 6.07) is 4.98. The number of aryl methyl sites for hydroxylation is 2. The number of nitrogens with one attached hydrogen (secondary N) is 2. The molecule has 0 amide bonds. The summed E-state index contributed by atoms with van der Waals surface area (Å²) in [5.74, 6) is 0.327. The second kappa shape index (κ2) is 11.1. The van der Waals surface area contributed by atoms with Gasteiger partial charge in [-0.1, -0.05) is 20.3 Å². The molecule has 0 saturated carbocycles. The number of benzene rings is 1. The fourth-order valence-electron chi connectivity index (χ4n) is 4.66. The number of aromatic amines is 1. The second-order valence-corrected chi connectivity index (χ2v) is 11.5. The maximum Gasteiger partial charge on any atom is 0.277 e. The number of hydrogen-bond donors (Lipinski definition) is 2. The molecule has 3 heterocycles. The Morgan fingerprint density at radius 1 is 1.17 bits per heavy atom. The number of likely N-dealkylation sites (N-methyl/N-ethyl adjacent to an activating group) is 1. The van der Waals surface area contributed by atoms with Crippen molar-refractivity contribution in [2.24, 2.45) is 7.05 Å². The highest BCUT2D eigenvalue weighted by Crippen LogP contribution is 2.30. The first-order valence-corrected chi connectivity index (χ1v) is 14.2. The van der Waals surface area contributed by atoms with Crippen LogP contribution in [0.2, 0.25) is 0 Å². The van der Waals surface area contributed by atoms with Crippen LogP contribution in [0.15, 0.2) is 27.9 Å². The Balaban J connectivity index is 1.75. The molecule has 1 saturated heterocycles. The number of hydrogen-bond acceptors (Lipinski definition) is 7. The predicted octanol–water partition coefficient (Wildman–Crippen LogP) is 2.81. The van der Waals surface area contributed by atoms with Gasteiger partial charge in [-0.05, 0) is 57.0 Å². The summed E-state index contributed by atoms with van der Waals surface area (Å²) in [5, 5.41) is 7.84. The lowest BCUT2D eigenvalue weighted by Gasteiger charge is -2.22. The fourth-order valence-corrected chi connectivity index (χ4v) is 5.85. The molecule has 196 valence electrons. The van der Waals surface area contributed by atoms with Gasteiger partial charge in [-0.25, -0.2) is 13.4 Å². The molecule has 0 aliphatic carbocycles. The van der Waals surface area contributed by atoms with E-state index in [1.807, 2.05) is 0 Å². The van der Waals surface area contributed by atoms with E-state index in [1.165, 1.54) is 17.1 Å². The van der Waals surface area contributed by atoms with Crippen LogP contribution in [0.1, 0.15) is 45.2 Å². The summed E-state index contributed by atoms with van der Waals surface area (Å²) in [6.07, 6.45) is 4.79. The average Bonchev–Trinajstić information content (AvgIpc) is 3.49. The van der Waals surface area contributed by atoms with Crippen LogP contribution in [0.3, 0.4) is 0 Å². The molecule has 0 spiro atoms. The summed E-state index contributed by atoms with van der Waals surface area (Å²) in [4.78, 5) is 23.1. The van der Waals surface area contributed by atoms with Crippen LogP contribution in [0.25, 0.3) is 22.4 Å². The molecular formula is C25H37N7O3S. The molecule has 1 aliphatic rings. The Bertz CT molecular complexity index is 1370. The highest BCUT2D eigenvalue weighted by atomic mass is 32.2. The van der Waals surface area contributed by atoms with E-state index >= 15 is 0 Å². The van der Waals surface area contributed by atoms with Gasteiger partial charge >= 0.3 is 0 Å². The zero-order valence-electron chi connectivity index (χ0n) is 21.7. The molecule has 1 aromatic carbocycles. The first-order valence-electron chi connectivity index (χ1n) is 12.8. The van der Waals surface area contributed by atoms with Gasteiger partial charge in [0.05, 0.1) is 10.6 Å². The van der Waals surface area contributed by atoms with Crippen molar-refractivity contribution in [3.63, 3.8) is 0 Å². The minimum atomic E-state index is -3.72. The van der Waals surface area contributed by atoms with Gasteiger partial charge in [-0.15, -0.1) is 0 Å². The molecule has 11 heteroatoms. The van der Waals surface area contributed by atoms with E-state index in [-0.39, 0.29) is 10.5 Å². The van der Waals surface area contributed by atoms with E-state index in [2.05, 4.69) is 34.1 Å². The van der Waals surface area contributed by atoms with E-state index in [1.54, 1.807) is 37.0 Å². The number of likely N-dealkylation sites (tertiary alicyclic amines) is 1. The summed E-state index contributed by atoms with van der Waals surface area (Å²) in [6.45, 7) is 7.98. The summed E-state index contributed by atoms with van der Waals surface area (Å²) >= 11 is 0.